The van der Waals surface area contributed by atoms with E-state index in [1.807, 2.05) is 33.8 Å². The Hall–Kier alpha value is -2.15. The summed E-state index contributed by atoms with van der Waals surface area (Å²) < 4.78 is 5.22. The first-order valence-electron chi connectivity index (χ1n) is 7.65. The SMILES string of the molecule is CC(NC1CC1NC(=O)OC(C)(C)C)c1cccc([N+](=O)[O-])c1. The van der Waals surface area contributed by atoms with Gasteiger partial charge >= 0.3 is 6.09 Å². The van der Waals surface area contributed by atoms with E-state index in [0.717, 1.165) is 12.0 Å². The van der Waals surface area contributed by atoms with Gasteiger partial charge in [-0.05, 0) is 39.7 Å². The van der Waals surface area contributed by atoms with Gasteiger partial charge in [-0.3, -0.25) is 10.1 Å². The van der Waals surface area contributed by atoms with Crippen molar-refractivity contribution < 1.29 is 14.5 Å². The molecule has 126 valence electrons. The highest BCUT2D eigenvalue weighted by Crippen LogP contribution is 2.27. The number of nitrogens with zero attached hydrogens (tertiary/aromatic N) is 1. The first kappa shape index (κ1) is 17.2. The molecule has 1 aromatic carbocycles. The molecule has 7 nitrogen and oxygen atoms in total. The van der Waals surface area contributed by atoms with Gasteiger partial charge in [0, 0.05) is 30.3 Å². The summed E-state index contributed by atoms with van der Waals surface area (Å²) in [6.07, 6.45) is 0.396. The fourth-order valence-corrected chi connectivity index (χ4v) is 2.32. The number of hydrogen-bond acceptors (Lipinski definition) is 5. The third-order valence-electron chi connectivity index (χ3n) is 3.54. The van der Waals surface area contributed by atoms with Crippen LogP contribution in [0.3, 0.4) is 0 Å². The summed E-state index contributed by atoms with van der Waals surface area (Å²) in [5.74, 6) is 0. The molecule has 1 fully saturated rings. The van der Waals surface area contributed by atoms with E-state index in [4.69, 9.17) is 4.74 Å². The van der Waals surface area contributed by atoms with Crippen LogP contribution in [0.2, 0.25) is 0 Å². The Morgan fingerprint density at radius 3 is 2.70 bits per heavy atom. The van der Waals surface area contributed by atoms with Gasteiger partial charge in [0.1, 0.15) is 5.60 Å². The summed E-state index contributed by atoms with van der Waals surface area (Å²) in [5.41, 5.74) is 0.413. The number of nitrogens with one attached hydrogen (secondary N) is 2. The molecule has 0 saturated heterocycles. The van der Waals surface area contributed by atoms with Crippen molar-refractivity contribution in [2.75, 3.05) is 0 Å². The van der Waals surface area contributed by atoms with Crippen LogP contribution in [0.15, 0.2) is 24.3 Å². The van der Waals surface area contributed by atoms with E-state index in [-0.39, 0.29) is 23.8 Å². The van der Waals surface area contributed by atoms with Crippen LogP contribution >= 0.6 is 0 Å². The maximum absolute atomic E-state index is 11.7. The number of alkyl carbamates (subject to hydrolysis) is 1. The van der Waals surface area contributed by atoms with Crippen molar-refractivity contribution in [3.05, 3.63) is 39.9 Å². The van der Waals surface area contributed by atoms with Crippen LogP contribution in [0, 0.1) is 10.1 Å². The lowest BCUT2D eigenvalue weighted by molar-refractivity contribution is -0.384. The molecule has 2 N–H and O–H groups in total. The molecule has 1 aromatic rings. The zero-order chi connectivity index (χ0) is 17.2. The van der Waals surface area contributed by atoms with E-state index in [1.165, 1.54) is 6.07 Å². The van der Waals surface area contributed by atoms with Gasteiger partial charge < -0.3 is 15.4 Å². The molecule has 0 aliphatic heterocycles. The van der Waals surface area contributed by atoms with Crippen LogP contribution in [0.4, 0.5) is 10.5 Å². The summed E-state index contributed by atoms with van der Waals surface area (Å²) >= 11 is 0. The number of non-ortho nitro benzene ring substituents is 1. The number of nitro benzene ring substituents is 1. The number of ether oxygens (including phenoxy) is 1. The third kappa shape index (κ3) is 5.21. The van der Waals surface area contributed by atoms with Crippen molar-refractivity contribution in [1.82, 2.24) is 10.6 Å². The Kier molecular flexibility index (Phi) is 4.89. The second-order valence-electron chi connectivity index (χ2n) is 6.84. The van der Waals surface area contributed by atoms with E-state index in [9.17, 15) is 14.9 Å². The summed E-state index contributed by atoms with van der Waals surface area (Å²) in [7, 11) is 0. The minimum Gasteiger partial charge on any atom is -0.444 e. The van der Waals surface area contributed by atoms with Crippen LogP contribution in [0.5, 0.6) is 0 Å². The van der Waals surface area contributed by atoms with E-state index in [2.05, 4.69) is 10.6 Å². The molecule has 0 aromatic heterocycles. The van der Waals surface area contributed by atoms with E-state index in [1.54, 1.807) is 12.1 Å². The molecule has 0 radical (unpaired) electrons. The number of hydrogen-bond donors (Lipinski definition) is 2. The zero-order valence-corrected chi connectivity index (χ0v) is 13.8. The van der Waals surface area contributed by atoms with Crippen LogP contribution < -0.4 is 10.6 Å². The number of nitro groups is 1. The fourth-order valence-electron chi connectivity index (χ4n) is 2.32. The van der Waals surface area contributed by atoms with Gasteiger partial charge in [0.05, 0.1) is 4.92 Å². The summed E-state index contributed by atoms with van der Waals surface area (Å²) in [4.78, 5) is 22.1. The molecule has 0 heterocycles. The summed E-state index contributed by atoms with van der Waals surface area (Å²) in [5, 5.41) is 17.0. The summed E-state index contributed by atoms with van der Waals surface area (Å²) in [6, 6.07) is 6.71. The molecule has 23 heavy (non-hydrogen) atoms. The Morgan fingerprint density at radius 1 is 1.39 bits per heavy atom. The van der Waals surface area contributed by atoms with Gasteiger partial charge in [0.15, 0.2) is 0 Å². The maximum atomic E-state index is 11.7. The lowest BCUT2D eigenvalue weighted by Crippen LogP contribution is -2.37. The summed E-state index contributed by atoms with van der Waals surface area (Å²) in [6.45, 7) is 7.40. The van der Waals surface area contributed by atoms with Gasteiger partial charge in [0.25, 0.3) is 5.69 Å². The van der Waals surface area contributed by atoms with Gasteiger partial charge in [-0.25, -0.2) is 4.79 Å². The van der Waals surface area contributed by atoms with Crippen molar-refractivity contribution >= 4 is 11.8 Å². The average Bonchev–Trinajstić information content (AvgIpc) is 3.14. The average molecular weight is 321 g/mol. The molecule has 0 bridgehead atoms. The van der Waals surface area contributed by atoms with Crippen LogP contribution in [0.25, 0.3) is 0 Å². The molecule has 2 rings (SSSR count). The van der Waals surface area contributed by atoms with Gasteiger partial charge in [-0.15, -0.1) is 0 Å². The normalized spacial score (nSPS) is 21.4. The molecule has 3 atom stereocenters. The Balaban J connectivity index is 1.84. The van der Waals surface area contributed by atoms with E-state index < -0.39 is 16.6 Å². The lowest BCUT2D eigenvalue weighted by Gasteiger charge is -2.20. The molecule has 7 heteroatoms. The fraction of sp³-hybridized carbons (Fsp3) is 0.562. The predicted octanol–water partition coefficient (Wildman–Crippen LogP) is 2.91. The Labute approximate surface area is 135 Å². The van der Waals surface area contributed by atoms with Crippen LogP contribution in [-0.4, -0.2) is 28.7 Å². The first-order chi connectivity index (χ1) is 10.7. The van der Waals surface area contributed by atoms with Gasteiger partial charge in [0.2, 0.25) is 0 Å². The predicted molar refractivity (Wildman–Crippen MR) is 86.2 cm³/mol. The van der Waals surface area contributed by atoms with Crippen molar-refractivity contribution in [1.29, 1.82) is 0 Å². The molecule has 1 aliphatic rings. The van der Waals surface area contributed by atoms with Crippen LogP contribution in [-0.2, 0) is 4.74 Å². The van der Waals surface area contributed by atoms with E-state index in [0.29, 0.717) is 0 Å². The highest BCUT2D eigenvalue weighted by Gasteiger charge is 2.40. The molecular formula is C16H23N3O4. The monoisotopic (exact) mass is 321 g/mol. The Bertz CT molecular complexity index is 597. The van der Waals surface area contributed by atoms with E-state index >= 15 is 0 Å². The largest absolute Gasteiger partial charge is 0.444 e. The number of rotatable bonds is 5. The van der Waals surface area contributed by atoms with Gasteiger partial charge in [-0.2, -0.15) is 0 Å². The smallest absolute Gasteiger partial charge is 0.407 e. The molecular weight excluding hydrogens is 298 g/mol. The van der Waals surface area contributed by atoms with Gasteiger partial charge in [-0.1, -0.05) is 12.1 Å². The molecule has 3 unspecified atom stereocenters. The number of carbonyl (C=O) groups is 1. The Morgan fingerprint density at radius 2 is 2.09 bits per heavy atom. The molecule has 0 spiro atoms. The van der Waals surface area contributed by atoms with Crippen molar-refractivity contribution in [3.63, 3.8) is 0 Å². The highest BCUT2D eigenvalue weighted by atomic mass is 16.6. The molecule has 1 saturated carbocycles. The highest BCUT2D eigenvalue weighted by molar-refractivity contribution is 5.68. The topological polar surface area (TPSA) is 93.5 Å². The van der Waals surface area contributed by atoms with Crippen LogP contribution in [0.1, 0.15) is 45.7 Å². The number of benzene rings is 1. The second kappa shape index (κ2) is 6.54. The standard InChI is InChI=1S/C16H23N3O4/c1-10(11-6-5-7-12(8-11)19(21)22)17-13-9-14(13)18-15(20)23-16(2,3)4/h5-8,10,13-14,17H,9H2,1-4H3,(H,18,20). The van der Waals surface area contributed by atoms with Crippen molar-refractivity contribution in [3.8, 4) is 0 Å². The second-order valence-corrected chi connectivity index (χ2v) is 6.84. The lowest BCUT2D eigenvalue weighted by atomic mass is 10.1. The molecule has 1 amide bonds. The number of amides is 1. The quantitative estimate of drug-likeness (QED) is 0.642. The first-order valence-corrected chi connectivity index (χ1v) is 7.65. The minimum absolute atomic E-state index is 0.0333. The minimum atomic E-state index is -0.516. The third-order valence-corrected chi connectivity index (χ3v) is 3.54. The van der Waals surface area contributed by atoms with Crippen molar-refractivity contribution in [2.24, 2.45) is 0 Å². The van der Waals surface area contributed by atoms with Crippen molar-refractivity contribution in [2.45, 2.75) is 57.8 Å². The number of carbonyl (C=O) groups excluding carboxylic acids is 1. The zero-order valence-electron chi connectivity index (χ0n) is 13.8. The maximum Gasteiger partial charge on any atom is 0.407 e. The molecule has 1 aliphatic carbocycles.